The molecule has 0 fully saturated rings. The van der Waals surface area contributed by atoms with Crippen LogP contribution < -0.4 is 10.6 Å². The molecule has 0 atom stereocenters. The van der Waals surface area contributed by atoms with Gasteiger partial charge in [-0.2, -0.15) is 0 Å². The van der Waals surface area contributed by atoms with Crippen LogP contribution in [0.1, 0.15) is 16.8 Å². The van der Waals surface area contributed by atoms with Gasteiger partial charge in [0.15, 0.2) is 0 Å². The minimum atomic E-state index is -0.966. The van der Waals surface area contributed by atoms with Crippen LogP contribution in [0.2, 0.25) is 15.1 Å². The topological polar surface area (TPSA) is 91.3 Å². The number of nitrogens with one attached hydrogen (secondary N) is 2. The van der Waals surface area contributed by atoms with Gasteiger partial charge in [-0.1, -0.05) is 46.9 Å². The van der Waals surface area contributed by atoms with Gasteiger partial charge in [0.1, 0.15) is 5.82 Å². The van der Waals surface area contributed by atoms with Gasteiger partial charge in [0, 0.05) is 35.8 Å². The first-order valence-corrected chi connectivity index (χ1v) is 10.1. The van der Waals surface area contributed by atoms with E-state index in [9.17, 15) is 14.0 Å². The molecule has 0 aliphatic carbocycles. The lowest BCUT2D eigenvalue weighted by atomic mass is 10.0. The van der Waals surface area contributed by atoms with Gasteiger partial charge in [-0.25, -0.2) is 4.39 Å². The molecule has 1 heterocycles. The Morgan fingerprint density at radius 3 is 2.26 bits per heavy atom. The highest BCUT2D eigenvalue weighted by atomic mass is 35.5. The summed E-state index contributed by atoms with van der Waals surface area (Å²) < 4.78 is 14.1. The SMILES string of the molecule is O=C(O)CCNc1ccc(F)c(Cl)c1-c1ccc(C(=O)Nc2c(Cl)cncc2Cl)cc1. The molecule has 0 bridgehead atoms. The van der Waals surface area contributed by atoms with Crippen molar-refractivity contribution in [1.82, 2.24) is 4.98 Å². The summed E-state index contributed by atoms with van der Waals surface area (Å²) in [6.07, 6.45) is 2.60. The zero-order valence-corrected chi connectivity index (χ0v) is 18.0. The average Bonchev–Trinajstić information content (AvgIpc) is 2.73. The van der Waals surface area contributed by atoms with Gasteiger partial charge in [-0.05, 0) is 29.8 Å². The maximum atomic E-state index is 14.1. The van der Waals surface area contributed by atoms with Crippen LogP contribution in [-0.2, 0) is 4.79 Å². The molecule has 3 N–H and O–H groups in total. The molecule has 1 aromatic heterocycles. The number of carbonyl (C=O) groups is 2. The molecule has 0 aliphatic heterocycles. The minimum absolute atomic E-state index is 0.117. The molecule has 1 amide bonds. The number of benzene rings is 2. The summed E-state index contributed by atoms with van der Waals surface area (Å²) >= 11 is 18.2. The number of anilines is 2. The minimum Gasteiger partial charge on any atom is -0.481 e. The largest absolute Gasteiger partial charge is 0.481 e. The molecule has 3 aromatic rings. The summed E-state index contributed by atoms with van der Waals surface area (Å²) in [4.78, 5) is 27.1. The monoisotopic (exact) mass is 481 g/mol. The quantitative estimate of drug-likeness (QED) is 0.385. The van der Waals surface area contributed by atoms with Crippen molar-refractivity contribution in [2.75, 3.05) is 17.2 Å². The Kier molecular flexibility index (Phi) is 7.33. The zero-order valence-electron chi connectivity index (χ0n) is 15.8. The predicted molar refractivity (Wildman–Crippen MR) is 120 cm³/mol. The van der Waals surface area contributed by atoms with Gasteiger partial charge in [-0.15, -0.1) is 0 Å². The van der Waals surface area contributed by atoms with Gasteiger partial charge in [0.05, 0.1) is 27.2 Å². The maximum absolute atomic E-state index is 14.1. The lowest BCUT2D eigenvalue weighted by Gasteiger charge is -2.15. The fraction of sp³-hybridized carbons (Fsp3) is 0.0952. The molecule has 0 saturated heterocycles. The normalized spacial score (nSPS) is 10.6. The Hall–Kier alpha value is -2.87. The van der Waals surface area contributed by atoms with E-state index in [0.717, 1.165) is 0 Å². The van der Waals surface area contributed by atoms with E-state index < -0.39 is 17.7 Å². The summed E-state index contributed by atoms with van der Waals surface area (Å²) in [5, 5.41) is 14.7. The molecule has 31 heavy (non-hydrogen) atoms. The molecule has 0 unspecified atom stereocenters. The van der Waals surface area contributed by atoms with Crippen molar-refractivity contribution >= 4 is 58.1 Å². The van der Waals surface area contributed by atoms with E-state index in [4.69, 9.17) is 39.9 Å². The smallest absolute Gasteiger partial charge is 0.305 e. The van der Waals surface area contributed by atoms with Crippen LogP contribution in [0.4, 0.5) is 15.8 Å². The lowest BCUT2D eigenvalue weighted by molar-refractivity contribution is -0.136. The molecule has 0 aliphatic rings. The van der Waals surface area contributed by atoms with Crippen LogP contribution in [0.3, 0.4) is 0 Å². The van der Waals surface area contributed by atoms with Crippen LogP contribution in [0.15, 0.2) is 48.8 Å². The van der Waals surface area contributed by atoms with Crippen molar-refractivity contribution in [2.45, 2.75) is 6.42 Å². The first-order valence-electron chi connectivity index (χ1n) is 8.92. The van der Waals surface area contributed by atoms with Gasteiger partial charge < -0.3 is 15.7 Å². The van der Waals surface area contributed by atoms with Gasteiger partial charge in [0.2, 0.25) is 0 Å². The number of rotatable bonds is 7. The third-order valence-corrected chi connectivity index (χ3v) is 5.22. The molecule has 0 radical (unpaired) electrons. The summed E-state index contributed by atoms with van der Waals surface area (Å²) in [5.41, 5.74) is 1.92. The van der Waals surface area contributed by atoms with E-state index in [-0.39, 0.29) is 33.7 Å². The standard InChI is InChI=1S/C21H15Cl3FN3O3/c22-13-9-26-10-14(23)20(13)28-21(31)12-3-1-11(2-4-12)18-16(27-8-7-17(29)30)6-5-15(25)19(18)24/h1-6,9-10,27H,7-8H2,(H,29,30)(H,26,28,31). The second-order valence-electron chi connectivity index (χ2n) is 6.36. The molecular formula is C21H15Cl3FN3O3. The van der Waals surface area contributed by atoms with Gasteiger partial charge in [-0.3, -0.25) is 14.6 Å². The number of carboxylic acids is 1. The third-order valence-electron chi connectivity index (χ3n) is 4.28. The number of nitrogens with zero attached hydrogens (tertiary/aromatic N) is 1. The van der Waals surface area contributed by atoms with Crippen LogP contribution in [0, 0.1) is 5.82 Å². The summed E-state index contributed by atoms with van der Waals surface area (Å²) in [6, 6.07) is 8.96. The molecular weight excluding hydrogens is 468 g/mol. The van der Waals surface area contributed by atoms with E-state index in [0.29, 0.717) is 22.4 Å². The highest BCUT2D eigenvalue weighted by Gasteiger charge is 2.16. The van der Waals surface area contributed by atoms with Crippen molar-refractivity contribution in [2.24, 2.45) is 0 Å². The van der Waals surface area contributed by atoms with E-state index in [1.807, 2.05) is 0 Å². The van der Waals surface area contributed by atoms with Crippen molar-refractivity contribution < 1.29 is 19.1 Å². The molecule has 0 saturated carbocycles. The van der Waals surface area contributed by atoms with Crippen molar-refractivity contribution in [1.29, 1.82) is 0 Å². The summed E-state index contributed by atoms with van der Waals surface area (Å²) in [7, 11) is 0. The Bertz CT molecular complexity index is 1120. The average molecular weight is 483 g/mol. The summed E-state index contributed by atoms with van der Waals surface area (Å²) in [5.74, 6) is -2.04. The molecule has 0 spiro atoms. The van der Waals surface area contributed by atoms with E-state index >= 15 is 0 Å². The molecule has 160 valence electrons. The second kappa shape index (κ2) is 9.96. The zero-order chi connectivity index (χ0) is 22.5. The lowest BCUT2D eigenvalue weighted by Crippen LogP contribution is -2.12. The molecule has 3 rings (SSSR count). The number of hydrogen-bond donors (Lipinski definition) is 3. The van der Waals surface area contributed by atoms with E-state index in [2.05, 4.69) is 15.6 Å². The number of pyridine rings is 1. The Balaban J connectivity index is 1.86. The molecule has 2 aromatic carbocycles. The van der Waals surface area contributed by atoms with Crippen molar-refractivity contribution in [3.63, 3.8) is 0 Å². The number of aliphatic carboxylic acids is 1. The predicted octanol–water partition coefficient (Wildman–Crippen LogP) is 5.99. The Labute approximate surface area is 192 Å². The third kappa shape index (κ3) is 5.44. The van der Waals surface area contributed by atoms with Crippen molar-refractivity contribution in [3.8, 4) is 11.1 Å². The van der Waals surface area contributed by atoms with Gasteiger partial charge >= 0.3 is 5.97 Å². The maximum Gasteiger partial charge on any atom is 0.305 e. The number of amides is 1. The van der Waals surface area contributed by atoms with Crippen LogP contribution in [0.5, 0.6) is 0 Å². The van der Waals surface area contributed by atoms with Crippen LogP contribution in [0.25, 0.3) is 11.1 Å². The number of halogens is 4. The highest BCUT2D eigenvalue weighted by Crippen LogP contribution is 2.37. The first-order chi connectivity index (χ1) is 14.8. The number of hydrogen-bond acceptors (Lipinski definition) is 4. The number of carboxylic acid groups (broad SMARTS) is 1. The number of aromatic nitrogens is 1. The number of carbonyl (C=O) groups excluding carboxylic acids is 1. The second-order valence-corrected chi connectivity index (χ2v) is 7.56. The van der Waals surface area contributed by atoms with E-state index in [1.165, 1.54) is 36.7 Å². The highest BCUT2D eigenvalue weighted by molar-refractivity contribution is 6.39. The van der Waals surface area contributed by atoms with Crippen molar-refractivity contribution in [3.05, 3.63) is 75.2 Å². The first kappa shape index (κ1) is 22.8. The van der Waals surface area contributed by atoms with Gasteiger partial charge in [0.25, 0.3) is 5.91 Å². The van der Waals surface area contributed by atoms with E-state index in [1.54, 1.807) is 12.1 Å². The molecule has 6 nitrogen and oxygen atoms in total. The Morgan fingerprint density at radius 1 is 1.00 bits per heavy atom. The van der Waals surface area contributed by atoms with Crippen LogP contribution >= 0.6 is 34.8 Å². The molecule has 10 heteroatoms. The summed E-state index contributed by atoms with van der Waals surface area (Å²) in [6.45, 7) is 0.137. The van der Waals surface area contributed by atoms with Crippen LogP contribution in [-0.4, -0.2) is 28.5 Å². The Morgan fingerprint density at radius 2 is 1.65 bits per heavy atom. The fourth-order valence-corrected chi connectivity index (χ4v) is 3.52. The fourth-order valence-electron chi connectivity index (χ4n) is 2.79.